The Morgan fingerprint density at radius 1 is 1.24 bits per heavy atom. The summed E-state index contributed by atoms with van der Waals surface area (Å²) >= 11 is 0. The molecule has 2 heterocycles. The summed E-state index contributed by atoms with van der Waals surface area (Å²) in [5.74, 6) is 0.775. The van der Waals surface area contributed by atoms with Gasteiger partial charge < -0.3 is 4.74 Å². The summed E-state index contributed by atoms with van der Waals surface area (Å²) in [5.41, 5.74) is 4.37. The molecule has 2 aromatic heterocycles. The van der Waals surface area contributed by atoms with E-state index in [2.05, 4.69) is 11.1 Å². The van der Waals surface area contributed by atoms with E-state index in [1.165, 1.54) is 0 Å². The van der Waals surface area contributed by atoms with Crippen LogP contribution in [0, 0.1) is 25.2 Å². The van der Waals surface area contributed by atoms with Gasteiger partial charge in [-0.25, -0.2) is 4.98 Å². The van der Waals surface area contributed by atoms with Crippen molar-refractivity contribution in [2.75, 3.05) is 7.11 Å². The highest BCUT2D eigenvalue weighted by Gasteiger charge is 2.14. The molecule has 21 heavy (non-hydrogen) atoms. The minimum atomic E-state index is 0.637. The molecule has 0 spiro atoms. The first kappa shape index (κ1) is 13.2. The van der Waals surface area contributed by atoms with E-state index in [-0.39, 0.29) is 0 Å². The zero-order valence-corrected chi connectivity index (χ0v) is 12.2. The van der Waals surface area contributed by atoms with Crippen molar-refractivity contribution in [1.29, 1.82) is 5.26 Å². The van der Waals surface area contributed by atoms with E-state index in [0.717, 1.165) is 33.7 Å². The molecule has 1 aromatic carbocycles. The van der Waals surface area contributed by atoms with Crippen molar-refractivity contribution < 1.29 is 4.74 Å². The molecular formula is C17H15N3O. The van der Waals surface area contributed by atoms with E-state index in [1.54, 1.807) is 7.11 Å². The average Bonchev–Trinajstić information content (AvgIpc) is 2.86. The number of benzene rings is 1. The fraction of sp³-hybridized carbons (Fsp3) is 0.176. The Balaban J connectivity index is 2.35. The summed E-state index contributed by atoms with van der Waals surface area (Å²) in [6.45, 7) is 3.97. The third kappa shape index (κ3) is 2.13. The Hall–Kier alpha value is -2.80. The van der Waals surface area contributed by atoms with E-state index in [1.807, 2.05) is 54.9 Å². The summed E-state index contributed by atoms with van der Waals surface area (Å²) in [4.78, 5) is 4.61. The Bertz CT molecular complexity index is 872. The zero-order chi connectivity index (χ0) is 15.0. The molecule has 0 fully saturated rings. The maximum absolute atomic E-state index is 9.37. The van der Waals surface area contributed by atoms with Gasteiger partial charge in [0.2, 0.25) is 0 Å². The van der Waals surface area contributed by atoms with E-state index in [0.29, 0.717) is 5.56 Å². The van der Waals surface area contributed by atoms with Crippen molar-refractivity contribution in [1.82, 2.24) is 9.55 Å². The molecule has 0 bridgehead atoms. The molecule has 0 N–H and O–H groups in total. The van der Waals surface area contributed by atoms with Gasteiger partial charge in [0.25, 0.3) is 0 Å². The molecule has 0 radical (unpaired) electrons. The lowest BCUT2D eigenvalue weighted by molar-refractivity contribution is 0.414. The van der Waals surface area contributed by atoms with Crippen molar-refractivity contribution in [3.63, 3.8) is 0 Å². The van der Waals surface area contributed by atoms with Crippen LogP contribution in [-0.4, -0.2) is 16.7 Å². The molecule has 0 aliphatic heterocycles. The summed E-state index contributed by atoms with van der Waals surface area (Å²) in [5, 5.41) is 10.3. The predicted molar refractivity (Wildman–Crippen MR) is 81.8 cm³/mol. The van der Waals surface area contributed by atoms with E-state index in [4.69, 9.17) is 4.74 Å². The molecule has 0 aliphatic carbocycles. The van der Waals surface area contributed by atoms with Gasteiger partial charge in [-0.1, -0.05) is 6.07 Å². The van der Waals surface area contributed by atoms with Gasteiger partial charge >= 0.3 is 0 Å². The summed E-state index contributed by atoms with van der Waals surface area (Å²) in [6.07, 6.45) is 1.83. The number of fused-ring (bicyclic) bond motifs is 1. The van der Waals surface area contributed by atoms with Gasteiger partial charge in [0.05, 0.1) is 18.4 Å². The van der Waals surface area contributed by atoms with Gasteiger partial charge in [0, 0.05) is 23.3 Å². The zero-order valence-electron chi connectivity index (χ0n) is 12.2. The highest BCUT2D eigenvalue weighted by atomic mass is 16.5. The number of aromatic nitrogens is 2. The van der Waals surface area contributed by atoms with Crippen molar-refractivity contribution in [2.24, 2.45) is 0 Å². The third-order valence-corrected chi connectivity index (χ3v) is 3.53. The van der Waals surface area contributed by atoms with Crippen molar-refractivity contribution in [3.05, 3.63) is 53.3 Å². The Labute approximate surface area is 123 Å². The number of methoxy groups -OCH3 is 1. The standard InChI is InChI=1S/C17H15N3O/c1-11-7-12(2)19-17-16(11)13(9-18)10-20(17)14-5-4-6-15(8-14)21-3/h4-8,10H,1-3H3. The van der Waals surface area contributed by atoms with Crippen LogP contribution >= 0.6 is 0 Å². The lowest BCUT2D eigenvalue weighted by Crippen LogP contribution is -1.96. The molecule has 0 saturated heterocycles. The van der Waals surface area contributed by atoms with Crippen molar-refractivity contribution in [2.45, 2.75) is 13.8 Å². The van der Waals surface area contributed by atoms with E-state index >= 15 is 0 Å². The molecular weight excluding hydrogens is 262 g/mol. The van der Waals surface area contributed by atoms with Gasteiger partial charge in [0.15, 0.2) is 0 Å². The smallest absolute Gasteiger partial charge is 0.146 e. The minimum Gasteiger partial charge on any atom is -0.497 e. The van der Waals surface area contributed by atoms with Gasteiger partial charge in [-0.05, 0) is 37.6 Å². The number of pyridine rings is 1. The van der Waals surface area contributed by atoms with E-state index in [9.17, 15) is 5.26 Å². The van der Waals surface area contributed by atoms with Crippen LogP contribution in [0.4, 0.5) is 0 Å². The number of nitrogens with zero attached hydrogens (tertiary/aromatic N) is 3. The number of rotatable bonds is 2. The van der Waals surface area contributed by atoms with Gasteiger partial charge in [-0.3, -0.25) is 4.57 Å². The number of ether oxygens (including phenoxy) is 1. The average molecular weight is 277 g/mol. The Kier molecular flexibility index (Phi) is 3.11. The molecule has 4 heteroatoms. The van der Waals surface area contributed by atoms with Crippen LogP contribution in [0.15, 0.2) is 36.5 Å². The number of hydrogen-bond donors (Lipinski definition) is 0. The minimum absolute atomic E-state index is 0.637. The van der Waals surface area contributed by atoms with Crippen LogP contribution in [-0.2, 0) is 0 Å². The molecule has 3 rings (SSSR count). The van der Waals surface area contributed by atoms with E-state index < -0.39 is 0 Å². The monoisotopic (exact) mass is 277 g/mol. The quantitative estimate of drug-likeness (QED) is 0.720. The third-order valence-electron chi connectivity index (χ3n) is 3.53. The molecule has 0 amide bonds. The SMILES string of the molecule is COc1cccc(-n2cc(C#N)c3c(C)cc(C)nc32)c1. The molecule has 0 saturated carbocycles. The maximum atomic E-state index is 9.37. The molecule has 4 nitrogen and oxygen atoms in total. The van der Waals surface area contributed by atoms with Crippen molar-refractivity contribution in [3.8, 4) is 17.5 Å². The summed E-state index contributed by atoms with van der Waals surface area (Å²) < 4.78 is 7.21. The number of hydrogen-bond acceptors (Lipinski definition) is 3. The molecule has 0 atom stereocenters. The second-order valence-corrected chi connectivity index (χ2v) is 5.01. The van der Waals surface area contributed by atoms with Crippen LogP contribution in [0.1, 0.15) is 16.8 Å². The predicted octanol–water partition coefficient (Wildman–Crippen LogP) is 3.52. The topological polar surface area (TPSA) is 50.8 Å². The first-order valence-electron chi connectivity index (χ1n) is 6.68. The summed E-state index contributed by atoms with van der Waals surface area (Å²) in [6, 6.07) is 12.0. The van der Waals surface area contributed by atoms with Crippen LogP contribution in [0.2, 0.25) is 0 Å². The first-order valence-corrected chi connectivity index (χ1v) is 6.68. The fourth-order valence-corrected chi connectivity index (χ4v) is 2.62. The lowest BCUT2D eigenvalue weighted by Gasteiger charge is -2.08. The highest BCUT2D eigenvalue weighted by Crippen LogP contribution is 2.27. The maximum Gasteiger partial charge on any atom is 0.146 e. The molecule has 104 valence electrons. The second kappa shape index (κ2) is 4.95. The van der Waals surface area contributed by atoms with Crippen LogP contribution in [0.3, 0.4) is 0 Å². The normalized spacial score (nSPS) is 10.6. The molecule has 3 aromatic rings. The van der Waals surface area contributed by atoms with Crippen LogP contribution in [0.5, 0.6) is 5.75 Å². The highest BCUT2D eigenvalue weighted by molar-refractivity contribution is 5.88. The molecule has 0 aliphatic rings. The van der Waals surface area contributed by atoms with Crippen LogP contribution < -0.4 is 4.74 Å². The van der Waals surface area contributed by atoms with Crippen LogP contribution in [0.25, 0.3) is 16.7 Å². The number of nitriles is 1. The molecule has 0 unspecified atom stereocenters. The van der Waals surface area contributed by atoms with Gasteiger partial charge in [0.1, 0.15) is 17.5 Å². The second-order valence-electron chi connectivity index (χ2n) is 5.01. The largest absolute Gasteiger partial charge is 0.497 e. The lowest BCUT2D eigenvalue weighted by atomic mass is 10.1. The number of aryl methyl sites for hydroxylation is 2. The Morgan fingerprint density at radius 3 is 2.76 bits per heavy atom. The van der Waals surface area contributed by atoms with Gasteiger partial charge in [-0.2, -0.15) is 5.26 Å². The Morgan fingerprint density at radius 2 is 2.05 bits per heavy atom. The summed E-state index contributed by atoms with van der Waals surface area (Å²) in [7, 11) is 1.64. The first-order chi connectivity index (χ1) is 10.1. The van der Waals surface area contributed by atoms with Gasteiger partial charge in [-0.15, -0.1) is 0 Å². The fourth-order valence-electron chi connectivity index (χ4n) is 2.62. The van der Waals surface area contributed by atoms with Crippen molar-refractivity contribution >= 4 is 11.0 Å².